The summed E-state index contributed by atoms with van der Waals surface area (Å²) in [7, 11) is -3.34. The normalized spacial score (nSPS) is 29.6. The molecule has 1 aromatic carbocycles. The fraction of sp³-hybridized carbons (Fsp3) is 0.652. The first-order valence-electron chi connectivity index (χ1n) is 10.5. The Kier molecular flexibility index (Phi) is 6.47. The van der Waals surface area contributed by atoms with Crippen LogP contribution in [0.4, 0.5) is 0 Å². The number of nitrogens with one attached hydrogen (secondary N) is 1. The van der Waals surface area contributed by atoms with Crippen molar-refractivity contribution in [3.63, 3.8) is 0 Å². The van der Waals surface area contributed by atoms with Crippen LogP contribution in [0.5, 0.6) is 0 Å². The SMILES string of the molecule is CCCCC=CCC1CC2CC(C1NS(=O)(=O)Cc1ccccc1)C2(C)C. The zero-order valence-electron chi connectivity index (χ0n) is 17.0. The highest BCUT2D eigenvalue weighted by molar-refractivity contribution is 7.88. The molecule has 4 atom stereocenters. The molecule has 27 heavy (non-hydrogen) atoms. The molecule has 4 heteroatoms. The number of sulfonamides is 1. The van der Waals surface area contributed by atoms with E-state index in [0.29, 0.717) is 11.8 Å². The zero-order chi connectivity index (χ0) is 19.5. The van der Waals surface area contributed by atoms with Gasteiger partial charge in [-0.05, 0) is 54.4 Å². The second-order valence-electron chi connectivity index (χ2n) is 9.09. The maximum absolute atomic E-state index is 12.9. The molecule has 4 unspecified atom stereocenters. The molecule has 3 aliphatic rings. The van der Waals surface area contributed by atoms with E-state index < -0.39 is 10.0 Å². The molecular formula is C23H35NO2S. The van der Waals surface area contributed by atoms with Crippen molar-refractivity contribution in [2.75, 3.05) is 0 Å². The van der Waals surface area contributed by atoms with Crippen LogP contribution < -0.4 is 4.72 Å². The molecule has 3 fully saturated rings. The lowest BCUT2D eigenvalue weighted by molar-refractivity contribution is -0.108. The molecule has 3 aliphatic carbocycles. The van der Waals surface area contributed by atoms with Gasteiger partial charge in [-0.1, -0.05) is 76.1 Å². The van der Waals surface area contributed by atoms with Gasteiger partial charge in [0.1, 0.15) is 0 Å². The molecule has 2 bridgehead atoms. The Bertz CT molecular complexity index is 739. The predicted molar refractivity (Wildman–Crippen MR) is 113 cm³/mol. The molecular weight excluding hydrogens is 354 g/mol. The van der Waals surface area contributed by atoms with Crippen molar-refractivity contribution in [2.24, 2.45) is 23.2 Å². The molecule has 0 aliphatic heterocycles. The standard InChI is InChI=1S/C23H35NO2S/c1-4-5-6-7-11-14-19-15-20-16-21(23(20,2)3)22(19)24-27(25,26)17-18-12-9-8-10-13-18/h7-13,19-22,24H,4-6,14-17H2,1-3H3. The minimum Gasteiger partial charge on any atom is -0.212 e. The van der Waals surface area contributed by atoms with E-state index in [0.717, 1.165) is 30.7 Å². The van der Waals surface area contributed by atoms with Crippen molar-refractivity contribution >= 4 is 10.0 Å². The summed E-state index contributed by atoms with van der Waals surface area (Å²) in [5, 5.41) is 0. The van der Waals surface area contributed by atoms with E-state index in [1.54, 1.807) is 0 Å². The summed E-state index contributed by atoms with van der Waals surface area (Å²) in [6.45, 7) is 6.84. The molecule has 0 amide bonds. The summed E-state index contributed by atoms with van der Waals surface area (Å²) in [6, 6.07) is 9.55. The maximum atomic E-state index is 12.9. The minimum atomic E-state index is -3.34. The molecule has 150 valence electrons. The molecule has 0 heterocycles. The van der Waals surface area contributed by atoms with Crippen LogP contribution in [0.2, 0.25) is 0 Å². The van der Waals surface area contributed by atoms with Gasteiger partial charge in [-0.2, -0.15) is 0 Å². The van der Waals surface area contributed by atoms with Gasteiger partial charge in [0.2, 0.25) is 10.0 Å². The molecule has 0 saturated heterocycles. The molecule has 1 N–H and O–H groups in total. The summed E-state index contributed by atoms with van der Waals surface area (Å²) in [4.78, 5) is 0. The lowest BCUT2D eigenvalue weighted by atomic mass is 9.45. The van der Waals surface area contributed by atoms with Crippen LogP contribution in [-0.2, 0) is 15.8 Å². The second kappa shape index (κ2) is 8.48. The molecule has 0 radical (unpaired) electrons. The predicted octanol–water partition coefficient (Wildman–Crippen LogP) is 5.29. The number of allylic oxidation sites excluding steroid dienone is 2. The third kappa shape index (κ3) is 4.83. The van der Waals surface area contributed by atoms with Gasteiger partial charge >= 0.3 is 0 Å². The van der Waals surface area contributed by atoms with Crippen molar-refractivity contribution in [2.45, 2.75) is 71.1 Å². The van der Waals surface area contributed by atoms with Gasteiger partial charge in [-0.3, -0.25) is 0 Å². The average molecular weight is 390 g/mol. The van der Waals surface area contributed by atoms with Gasteiger partial charge in [-0.15, -0.1) is 0 Å². The number of benzene rings is 1. The summed E-state index contributed by atoms with van der Waals surface area (Å²) < 4.78 is 28.9. The van der Waals surface area contributed by atoms with E-state index in [9.17, 15) is 8.42 Å². The van der Waals surface area contributed by atoms with E-state index in [1.165, 1.54) is 19.3 Å². The topological polar surface area (TPSA) is 46.2 Å². The molecule has 3 nitrogen and oxygen atoms in total. The molecule has 3 saturated carbocycles. The lowest BCUT2D eigenvalue weighted by Crippen LogP contribution is -2.63. The van der Waals surface area contributed by atoms with Gasteiger partial charge in [0, 0.05) is 6.04 Å². The second-order valence-corrected chi connectivity index (χ2v) is 10.8. The van der Waals surface area contributed by atoms with Crippen LogP contribution in [0.25, 0.3) is 0 Å². The van der Waals surface area contributed by atoms with Crippen molar-refractivity contribution < 1.29 is 8.42 Å². The fourth-order valence-corrected chi connectivity index (χ4v) is 6.57. The Morgan fingerprint density at radius 3 is 2.56 bits per heavy atom. The van der Waals surface area contributed by atoms with Crippen molar-refractivity contribution in [1.29, 1.82) is 0 Å². The highest BCUT2D eigenvalue weighted by Crippen LogP contribution is 2.61. The first-order chi connectivity index (χ1) is 12.8. The van der Waals surface area contributed by atoms with Gasteiger partial charge in [0.15, 0.2) is 0 Å². The van der Waals surface area contributed by atoms with E-state index in [4.69, 9.17) is 0 Å². The smallest absolute Gasteiger partial charge is 0.212 e. The first kappa shape index (κ1) is 20.6. The van der Waals surface area contributed by atoms with E-state index in [1.807, 2.05) is 30.3 Å². The monoisotopic (exact) mass is 389 g/mol. The Labute approximate surface area is 165 Å². The quantitative estimate of drug-likeness (QED) is 0.460. The summed E-state index contributed by atoms with van der Waals surface area (Å²) in [6.07, 6.45) is 11.4. The Morgan fingerprint density at radius 1 is 1.15 bits per heavy atom. The number of hydrogen-bond acceptors (Lipinski definition) is 2. The number of unbranched alkanes of at least 4 members (excludes halogenated alkanes) is 2. The molecule has 0 spiro atoms. The summed E-state index contributed by atoms with van der Waals surface area (Å²) in [5.74, 6) is 1.69. The highest BCUT2D eigenvalue weighted by Gasteiger charge is 2.57. The fourth-order valence-electron chi connectivity index (χ4n) is 5.08. The van der Waals surface area contributed by atoms with Crippen LogP contribution in [0.3, 0.4) is 0 Å². The van der Waals surface area contributed by atoms with Crippen molar-refractivity contribution in [1.82, 2.24) is 4.72 Å². The number of rotatable bonds is 9. The lowest BCUT2D eigenvalue weighted by Gasteiger charge is -2.62. The van der Waals surface area contributed by atoms with Crippen LogP contribution >= 0.6 is 0 Å². The molecule has 4 rings (SSSR count). The maximum Gasteiger partial charge on any atom is 0.216 e. The third-order valence-electron chi connectivity index (χ3n) is 6.92. The highest BCUT2D eigenvalue weighted by atomic mass is 32.2. The van der Waals surface area contributed by atoms with Crippen LogP contribution in [0.1, 0.15) is 64.9 Å². The molecule has 1 aromatic rings. The van der Waals surface area contributed by atoms with E-state index in [2.05, 4.69) is 37.6 Å². The Balaban J connectivity index is 1.69. The van der Waals surface area contributed by atoms with Crippen LogP contribution in [-0.4, -0.2) is 14.5 Å². The van der Waals surface area contributed by atoms with Gasteiger partial charge in [0.25, 0.3) is 0 Å². The molecule has 0 aromatic heterocycles. The van der Waals surface area contributed by atoms with Gasteiger partial charge in [0.05, 0.1) is 5.75 Å². The van der Waals surface area contributed by atoms with Crippen molar-refractivity contribution in [3.05, 3.63) is 48.0 Å². The average Bonchev–Trinajstić information content (AvgIpc) is 2.62. The first-order valence-corrected chi connectivity index (χ1v) is 12.2. The van der Waals surface area contributed by atoms with Crippen LogP contribution in [0, 0.1) is 23.2 Å². The Hall–Kier alpha value is -1.13. The number of hydrogen-bond donors (Lipinski definition) is 1. The van der Waals surface area contributed by atoms with Gasteiger partial charge < -0.3 is 0 Å². The zero-order valence-corrected chi connectivity index (χ0v) is 17.8. The summed E-state index contributed by atoms with van der Waals surface area (Å²) in [5.41, 5.74) is 1.10. The van der Waals surface area contributed by atoms with Gasteiger partial charge in [-0.25, -0.2) is 13.1 Å². The number of fused-ring (bicyclic) bond motifs is 2. The minimum absolute atomic E-state index is 0.0644. The van der Waals surface area contributed by atoms with E-state index in [-0.39, 0.29) is 17.2 Å². The van der Waals surface area contributed by atoms with Crippen LogP contribution in [0.15, 0.2) is 42.5 Å². The Morgan fingerprint density at radius 2 is 1.89 bits per heavy atom. The third-order valence-corrected chi connectivity index (χ3v) is 8.26. The van der Waals surface area contributed by atoms with Crippen molar-refractivity contribution in [3.8, 4) is 0 Å². The summed E-state index contributed by atoms with van der Waals surface area (Å²) >= 11 is 0. The van der Waals surface area contributed by atoms with E-state index >= 15 is 0 Å². The largest absolute Gasteiger partial charge is 0.216 e.